The summed E-state index contributed by atoms with van der Waals surface area (Å²) in [5, 5.41) is 7.23. The minimum absolute atomic E-state index is 0.0164. The van der Waals surface area contributed by atoms with Gasteiger partial charge in [-0.2, -0.15) is 0 Å². The minimum Gasteiger partial charge on any atom is -0.359 e. The molecule has 0 radical (unpaired) electrons. The number of amides is 1. The molecule has 0 aromatic heterocycles. The highest BCUT2D eigenvalue weighted by Crippen LogP contribution is 2.33. The first-order chi connectivity index (χ1) is 9.13. The molecule has 1 aromatic rings. The SMILES string of the molecule is CNC(=O)[C@@H]1CCCNC[C@H]1c1ccc(Cl)c(Cl)c1. The van der Waals surface area contributed by atoms with Gasteiger partial charge in [-0.25, -0.2) is 0 Å². The fourth-order valence-electron chi connectivity index (χ4n) is 2.64. The summed E-state index contributed by atoms with van der Waals surface area (Å²) in [7, 11) is 1.69. The number of rotatable bonds is 2. The van der Waals surface area contributed by atoms with Crippen LogP contribution in [0.25, 0.3) is 0 Å². The molecule has 1 saturated heterocycles. The molecule has 0 spiro atoms. The zero-order valence-corrected chi connectivity index (χ0v) is 12.4. The van der Waals surface area contributed by atoms with E-state index in [1.807, 2.05) is 12.1 Å². The molecule has 1 aliphatic heterocycles. The van der Waals surface area contributed by atoms with Gasteiger partial charge in [0.05, 0.1) is 10.0 Å². The lowest BCUT2D eigenvalue weighted by atomic mass is 9.83. The maximum absolute atomic E-state index is 12.1. The van der Waals surface area contributed by atoms with Crippen LogP contribution < -0.4 is 10.6 Å². The molecule has 1 aromatic carbocycles. The number of hydrogen-bond donors (Lipinski definition) is 2. The quantitative estimate of drug-likeness (QED) is 0.882. The second kappa shape index (κ2) is 6.60. The molecule has 1 heterocycles. The van der Waals surface area contributed by atoms with Gasteiger partial charge in [0.1, 0.15) is 0 Å². The molecule has 19 heavy (non-hydrogen) atoms. The first kappa shape index (κ1) is 14.6. The predicted molar refractivity (Wildman–Crippen MR) is 78.9 cm³/mol. The van der Waals surface area contributed by atoms with Crippen LogP contribution in [0.2, 0.25) is 10.0 Å². The zero-order valence-electron chi connectivity index (χ0n) is 10.9. The van der Waals surface area contributed by atoms with Gasteiger partial charge >= 0.3 is 0 Å². The molecule has 1 aliphatic rings. The maximum atomic E-state index is 12.1. The lowest BCUT2D eigenvalue weighted by molar-refractivity contribution is -0.125. The topological polar surface area (TPSA) is 41.1 Å². The van der Waals surface area contributed by atoms with Crippen LogP contribution in [0.5, 0.6) is 0 Å². The first-order valence-electron chi connectivity index (χ1n) is 6.50. The van der Waals surface area contributed by atoms with Gasteiger partial charge in [0.2, 0.25) is 5.91 Å². The smallest absolute Gasteiger partial charge is 0.223 e. The molecular formula is C14H18Cl2N2O. The van der Waals surface area contributed by atoms with E-state index in [0.29, 0.717) is 10.0 Å². The number of nitrogens with one attached hydrogen (secondary N) is 2. The Labute approximate surface area is 123 Å². The number of benzene rings is 1. The van der Waals surface area contributed by atoms with Crippen molar-refractivity contribution in [3.63, 3.8) is 0 Å². The molecule has 0 saturated carbocycles. The monoisotopic (exact) mass is 300 g/mol. The van der Waals surface area contributed by atoms with E-state index >= 15 is 0 Å². The molecule has 0 bridgehead atoms. The van der Waals surface area contributed by atoms with Gasteiger partial charge in [0, 0.05) is 25.4 Å². The van der Waals surface area contributed by atoms with E-state index < -0.39 is 0 Å². The van der Waals surface area contributed by atoms with E-state index in [-0.39, 0.29) is 17.7 Å². The Balaban J connectivity index is 2.30. The fourth-order valence-corrected chi connectivity index (χ4v) is 2.95. The van der Waals surface area contributed by atoms with Crippen molar-refractivity contribution in [2.75, 3.05) is 20.1 Å². The molecule has 1 fully saturated rings. The summed E-state index contributed by atoms with van der Waals surface area (Å²) in [6.07, 6.45) is 1.90. The van der Waals surface area contributed by atoms with Crippen molar-refractivity contribution >= 4 is 29.1 Å². The van der Waals surface area contributed by atoms with Gasteiger partial charge in [-0.1, -0.05) is 29.3 Å². The Bertz CT molecular complexity index is 465. The summed E-state index contributed by atoms with van der Waals surface area (Å²) in [6, 6.07) is 5.63. The van der Waals surface area contributed by atoms with E-state index in [4.69, 9.17) is 23.2 Å². The Morgan fingerprint density at radius 1 is 1.37 bits per heavy atom. The molecule has 0 unspecified atom stereocenters. The summed E-state index contributed by atoms with van der Waals surface area (Å²) >= 11 is 12.0. The maximum Gasteiger partial charge on any atom is 0.223 e. The highest BCUT2D eigenvalue weighted by Gasteiger charge is 2.30. The van der Waals surface area contributed by atoms with Crippen LogP contribution in [0, 0.1) is 5.92 Å². The van der Waals surface area contributed by atoms with Gasteiger partial charge in [-0.3, -0.25) is 4.79 Å². The second-order valence-electron chi connectivity index (χ2n) is 4.85. The van der Waals surface area contributed by atoms with Crippen molar-refractivity contribution in [1.29, 1.82) is 0 Å². The summed E-state index contributed by atoms with van der Waals surface area (Å²) in [5.41, 5.74) is 1.07. The number of carbonyl (C=O) groups excluding carboxylic acids is 1. The van der Waals surface area contributed by atoms with Crippen LogP contribution in [-0.2, 0) is 4.79 Å². The molecule has 5 heteroatoms. The number of carbonyl (C=O) groups is 1. The van der Waals surface area contributed by atoms with Crippen LogP contribution >= 0.6 is 23.2 Å². The highest BCUT2D eigenvalue weighted by molar-refractivity contribution is 6.42. The largest absolute Gasteiger partial charge is 0.359 e. The number of hydrogen-bond acceptors (Lipinski definition) is 2. The van der Waals surface area contributed by atoms with Gasteiger partial charge < -0.3 is 10.6 Å². The Kier molecular flexibility index (Phi) is 5.08. The molecule has 2 N–H and O–H groups in total. The van der Waals surface area contributed by atoms with E-state index in [1.54, 1.807) is 13.1 Å². The second-order valence-corrected chi connectivity index (χ2v) is 5.66. The zero-order chi connectivity index (χ0) is 13.8. The van der Waals surface area contributed by atoms with E-state index in [2.05, 4.69) is 10.6 Å². The lowest BCUT2D eigenvalue weighted by Gasteiger charge is -2.24. The van der Waals surface area contributed by atoms with Gasteiger partial charge in [-0.15, -0.1) is 0 Å². The van der Waals surface area contributed by atoms with Crippen molar-refractivity contribution in [3.05, 3.63) is 33.8 Å². The summed E-state index contributed by atoms with van der Waals surface area (Å²) in [6.45, 7) is 1.74. The van der Waals surface area contributed by atoms with Crippen LogP contribution in [0.1, 0.15) is 24.3 Å². The van der Waals surface area contributed by atoms with E-state index in [1.165, 1.54) is 0 Å². The Morgan fingerprint density at radius 2 is 2.16 bits per heavy atom. The molecule has 0 aliphatic carbocycles. The normalized spacial score (nSPS) is 23.7. The summed E-state index contributed by atoms with van der Waals surface area (Å²) in [4.78, 5) is 12.1. The van der Waals surface area contributed by atoms with Gasteiger partial charge in [0.15, 0.2) is 0 Å². The molecule has 3 nitrogen and oxygen atoms in total. The van der Waals surface area contributed by atoms with Crippen molar-refractivity contribution in [2.45, 2.75) is 18.8 Å². The minimum atomic E-state index is -0.0164. The van der Waals surface area contributed by atoms with Crippen molar-refractivity contribution < 1.29 is 4.79 Å². The van der Waals surface area contributed by atoms with Crippen LogP contribution in [0.3, 0.4) is 0 Å². The van der Waals surface area contributed by atoms with Crippen molar-refractivity contribution in [1.82, 2.24) is 10.6 Å². The highest BCUT2D eigenvalue weighted by atomic mass is 35.5. The third-order valence-corrected chi connectivity index (χ3v) is 4.41. The number of halogens is 2. The molecule has 2 atom stereocenters. The molecule has 104 valence electrons. The fraction of sp³-hybridized carbons (Fsp3) is 0.500. The molecular weight excluding hydrogens is 283 g/mol. The molecule has 2 rings (SSSR count). The standard InChI is InChI=1S/C14H18Cl2N2O/c1-17-14(19)10-3-2-6-18-8-11(10)9-4-5-12(15)13(16)7-9/h4-5,7,10-11,18H,2-3,6,8H2,1H3,(H,17,19)/t10-,11+/m1/s1. The predicted octanol–water partition coefficient (Wildman–Crippen LogP) is 2.82. The Morgan fingerprint density at radius 3 is 2.84 bits per heavy atom. The van der Waals surface area contributed by atoms with Gasteiger partial charge in [-0.05, 0) is 37.1 Å². The first-order valence-corrected chi connectivity index (χ1v) is 7.26. The summed E-state index contributed by atoms with van der Waals surface area (Å²) < 4.78 is 0. The van der Waals surface area contributed by atoms with Gasteiger partial charge in [0.25, 0.3) is 0 Å². The van der Waals surface area contributed by atoms with Crippen LogP contribution in [0.15, 0.2) is 18.2 Å². The molecule has 1 amide bonds. The average Bonchev–Trinajstić information content (AvgIpc) is 2.66. The van der Waals surface area contributed by atoms with Crippen molar-refractivity contribution in [2.24, 2.45) is 5.92 Å². The van der Waals surface area contributed by atoms with E-state index in [9.17, 15) is 4.79 Å². The lowest BCUT2D eigenvalue weighted by Crippen LogP contribution is -2.34. The van der Waals surface area contributed by atoms with Crippen LogP contribution in [-0.4, -0.2) is 26.0 Å². The Hall–Kier alpha value is -0.770. The third-order valence-electron chi connectivity index (χ3n) is 3.67. The van der Waals surface area contributed by atoms with Crippen molar-refractivity contribution in [3.8, 4) is 0 Å². The summed E-state index contributed by atoms with van der Waals surface area (Å²) in [5.74, 6) is 0.217. The third kappa shape index (κ3) is 3.41. The van der Waals surface area contributed by atoms with Crippen LogP contribution in [0.4, 0.5) is 0 Å². The average molecular weight is 301 g/mol. The van der Waals surface area contributed by atoms with E-state index in [0.717, 1.165) is 31.5 Å².